The Balaban J connectivity index is 4.37. The topological polar surface area (TPSA) is 43.4 Å². The Hall–Kier alpha value is -0.860. The number of ether oxygens (including phenoxy) is 1. The van der Waals surface area contributed by atoms with E-state index < -0.39 is 0 Å². The summed E-state index contributed by atoms with van der Waals surface area (Å²) in [6, 6.07) is 0. The smallest absolute Gasteiger partial charge is 0.302 e. The van der Waals surface area contributed by atoms with Crippen LogP contribution >= 0.6 is 0 Å². The van der Waals surface area contributed by atoms with Crippen molar-refractivity contribution in [3.8, 4) is 0 Å². The molecule has 3 nitrogen and oxygen atoms in total. The van der Waals surface area contributed by atoms with Crippen LogP contribution < -0.4 is 0 Å². The molecular formula is C10H18O3. The van der Waals surface area contributed by atoms with Crippen LogP contribution in [-0.4, -0.2) is 17.9 Å². The second-order valence-electron chi connectivity index (χ2n) is 3.70. The minimum atomic E-state index is -0.334. The molecule has 0 aliphatic rings. The molecule has 76 valence electrons. The summed E-state index contributed by atoms with van der Waals surface area (Å²) in [7, 11) is 0. The maximum absolute atomic E-state index is 11.2. The molecule has 0 spiro atoms. The van der Waals surface area contributed by atoms with Gasteiger partial charge >= 0.3 is 5.97 Å². The Bertz CT molecular complexity index is 196. The Morgan fingerprint density at radius 2 is 1.54 bits per heavy atom. The fraction of sp³-hybridized carbons (Fsp3) is 0.800. The molecule has 3 heteroatoms. The van der Waals surface area contributed by atoms with Gasteiger partial charge in [0, 0.05) is 6.92 Å². The minimum absolute atomic E-state index is 0.0729. The first-order valence-electron chi connectivity index (χ1n) is 4.54. The summed E-state index contributed by atoms with van der Waals surface area (Å²) in [5, 5.41) is 0. The van der Waals surface area contributed by atoms with Gasteiger partial charge in [0.2, 0.25) is 0 Å². The van der Waals surface area contributed by atoms with Crippen molar-refractivity contribution in [2.45, 2.75) is 40.7 Å². The van der Waals surface area contributed by atoms with Crippen molar-refractivity contribution < 1.29 is 14.3 Å². The zero-order chi connectivity index (χ0) is 10.6. The summed E-state index contributed by atoms with van der Waals surface area (Å²) in [5.41, 5.74) is 0. The highest BCUT2D eigenvalue weighted by molar-refractivity contribution is 5.79. The maximum atomic E-state index is 11.2. The predicted octanol–water partition coefficient (Wildman–Crippen LogP) is 1.80. The van der Waals surface area contributed by atoms with Crippen LogP contribution in [0.15, 0.2) is 0 Å². The number of ketones is 1. The van der Waals surface area contributed by atoms with Crippen molar-refractivity contribution in [3.63, 3.8) is 0 Å². The van der Waals surface area contributed by atoms with Crippen molar-refractivity contribution in [3.05, 3.63) is 0 Å². The van der Waals surface area contributed by atoms with Gasteiger partial charge in [-0.3, -0.25) is 9.59 Å². The van der Waals surface area contributed by atoms with E-state index in [-0.39, 0.29) is 29.7 Å². The van der Waals surface area contributed by atoms with E-state index in [0.29, 0.717) is 0 Å². The van der Waals surface area contributed by atoms with Crippen molar-refractivity contribution in [1.29, 1.82) is 0 Å². The maximum Gasteiger partial charge on any atom is 0.302 e. The molecule has 0 radical (unpaired) electrons. The van der Waals surface area contributed by atoms with Gasteiger partial charge in [0.05, 0.1) is 5.92 Å². The molecule has 0 bridgehead atoms. The van der Waals surface area contributed by atoms with Crippen molar-refractivity contribution in [2.24, 2.45) is 11.8 Å². The number of hydrogen-bond donors (Lipinski definition) is 0. The molecule has 0 fully saturated rings. The van der Waals surface area contributed by atoms with Gasteiger partial charge in [-0.1, -0.05) is 13.8 Å². The van der Waals surface area contributed by atoms with Gasteiger partial charge in [0.25, 0.3) is 0 Å². The van der Waals surface area contributed by atoms with E-state index in [4.69, 9.17) is 4.74 Å². The monoisotopic (exact) mass is 186 g/mol. The molecule has 13 heavy (non-hydrogen) atoms. The van der Waals surface area contributed by atoms with Crippen molar-refractivity contribution in [1.82, 2.24) is 0 Å². The highest BCUT2D eigenvalue weighted by atomic mass is 16.5. The quantitative estimate of drug-likeness (QED) is 0.629. The van der Waals surface area contributed by atoms with Crippen LogP contribution in [0.2, 0.25) is 0 Å². The highest BCUT2D eigenvalue weighted by Gasteiger charge is 2.27. The summed E-state index contributed by atoms with van der Waals surface area (Å²) in [6.45, 7) is 8.55. The van der Waals surface area contributed by atoms with Crippen LogP contribution in [0.25, 0.3) is 0 Å². The molecule has 1 unspecified atom stereocenters. The Labute approximate surface area is 79.5 Å². The van der Waals surface area contributed by atoms with E-state index in [9.17, 15) is 9.59 Å². The molecule has 0 aliphatic heterocycles. The first kappa shape index (κ1) is 12.1. The molecule has 0 rings (SSSR count). The van der Waals surface area contributed by atoms with Crippen molar-refractivity contribution >= 4 is 11.8 Å². The van der Waals surface area contributed by atoms with Gasteiger partial charge in [-0.25, -0.2) is 0 Å². The number of carbonyl (C=O) groups excluding carboxylic acids is 2. The number of rotatable bonds is 4. The van der Waals surface area contributed by atoms with E-state index in [2.05, 4.69) is 0 Å². The molecular weight excluding hydrogens is 168 g/mol. The average Bonchev–Trinajstić information content (AvgIpc) is 1.81. The lowest BCUT2D eigenvalue weighted by Gasteiger charge is -2.24. The first-order valence-corrected chi connectivity index (χ1v) is 4.54. The molecule has 0 aromatic heterocycles. The molecule has 0 N–H and O–H groups in total. The zero-order valence-electron chi connectivity index (χ0n) is 8.96. The summed E-state index contributed by atoms with van der Waals surface area (Å²) in [6.07, 6.45) is -0.324. The Morgan fingerprint density at radius 3 is 1.77 bits per heavy atom. The van der Waals surface area contributed by atoms with Crippen LogP contribution in [0.3, 0.4) is 0 Å². The van der Waals surface area contributed by atoms with E-state index in [0.717, 1.165) is 0 Å². The van der Waals surface area contributed by atoms with E-state index in [1.54, 1.807) is 6.92 Å². The molecule has 0 aliphatic carbocycles. The SMILES string of the molecule is CC(=O)O[C@H](C)C(C(C)=O)C(C)C. The molecule has 0 amide bonds. The molecule has 0 aromatic rings. The molecule has 0 saturated heterocycles. The fourth-order valence-electron chi connectivity index (χ4n) is 1.68. The van der Waals surface area contributed by atoms with E-state index in [1.165, 1.54) is 13.8 Å². The predicted molar refractivity (Wildman–Crippen MR) is 50.2 cm³/mol. The summed E-state index contributed by atoms with van der Waals surface area (Å²) in [5.74, 6) is -0.251. The van der Waals surface area contributed by atoms with Crippen LogP contribution in [0.1, 0.15) is 34.6 Å². The number of Topliss-reactive ketones (excluding diaryl/α,β-unsaturated/α-hetero) is 1. The Morgan fingerprint density at radius 1 is 1.08 bits per heavy atom. The van der Waals surface area contributed by atoms with E-state index >= 15 is 0 Å². The summed E-state index contributed by atoms with van der Waals surface area (Å²) in [4.78, 5) is 21.9. The molecule has 0 heterocycles. The van der Waals surface area contributed by atoms with Gasteiger partial charge in [0.15, 0.2) is 0 Å². The summed E-state index contributed by atoms with van der Waals surface area (Å²) < 4.78 is 4.98. The third-order valence-electron chi connectivity index (χ3n) is 2.05. The van der Waals surface area contributed by atoms with Crippen LogP contribution in [0.5, 0.6) is 0 Å². The molecule has 0 aromatic carbocycles. The third-order valence-corrected chi connectivity index (χ3v) is 2.05. The first-order chi connectivity index (χ1) is 5.86. The molecule has 2 atom stereocenters. The van der Waals surface area contributed by atoms with Crippen LogP contribution in [0.4, 0.5) is 0 Å². The minimum Gasteiger partial charge on any atom is -0.462 e. The largest absolute Gasteiger partial charge is 0.462 e. The van der Waals surface area contributed by atoms with Crippen LogP contribution in [-0.2, 0) is 14.3 Å². The second kappa shape index (κ2) is 5.00. The van der Waals surface area contributed by atoms with Gasteiger partial charge < -0.3 is 4.74 Å². The lowest BCUT2D eigenvalue weighted by Crippen LogP contribution is -2.32. The van der Waals surface area contributed by atoms with Gasteiger partial charge in [-0.2, -0.15) is 0 Å². The summed E-state index contributed by atoms with van der Waals surface area (Å²) >= 11 is 0. The normalized spacial score (nSPS) is 15.2. The number of carbonyl (C=O) groups is 2. The van der Waals surface area contributed by atoms with Gasteiger partial charge in [-0.15, -0.1) is 0 Å². The fourth-order valence-corrected chi connectivity index (χ4v) is 1.68. The van der Waals surface area contributed by atoms with E-state index in [1.807, 2.05) is 13.8 Å². The standard InChI is InChI=1S/C10H18O3/c1-6(2)10(7(3)11)8(4)13-9(5)12/h6,8,10H,1-5H3/t8-,10?/m1/s1. The lowest BCUT2D eigenvalue weighted by molar-refractivity contribution is -0.150. The number of hydrogen-bond acceptors (Lipinski definition) is 3. The third kappa shape index (κ3) is 4.06. The molecule has 0 saturated carbocycles. The average molecular weight is 186 g/mol. The number of esters is 1. The Kier molecular flexibility index (Phi) is 4.67. The second-order valence-corrected chi connectivity index (χ2v) is 3.70. The highest BCUT2D eigenvalue weighted by Crippen LogP contribution is 2.19. The van der Waals surface area contributed by atoms with Gasteiger partial charge in [0.1, 0.15) is 11.9 Å². The van der Waals surface area contributed by atoms with Crippen LogP contribution in [0, 0.1) is 11.8 Å². The zero-order valence-corrected chi connectivity index (χ0v) is 8.96. The van der Waals surface area contributed by atoms with Gasteiger partial charge in [-0.05, 0) is 19.8 Å². The lowest BCUT2D eigenvalue weighted by atomic mass is 9.88. The van der Waals surface area contributed by atoms with Crippen molar-refractivity contribution in [2.75, 3.05) is 0 Å².